The number of hydrogen-bond acceptors (Lipinski definition) is 3. The lowest BCUT2D eigenvalue weighted by molar-refractivity contribution is -0.147. The van der Waals surface area contributed by atoms with Gasteiger partial charge < -0.3 is 14.4 Å². The number of likely N-dealkylation sites (tertiary alicyclic amines) is 1. The van der Waals surface area contributed by atoms with Gasteiger partial charge >= 0.3 is 5.97 Å². The fourth-order valence-electron chi connectivity index (χ4n) is 2.78. The second-order valence-corrected chi connectivity index (χ2v) is 6.92. The second-order valence-electron chi connectivity index (χ2n) is 6.08. The highest BCUT2D eigenvalue weighted by Crippen LogP contribution is 2.30. The van der Waals surface area contributed by atoms with Crippen LogP contribution in [0.4, 0.5) is 0 Å². The van der Waals surface area contributed by atoms with Crippen molar-refractivity contribution in [1.29, 1.82) is 0 Å². The number of halogens is 2. The quantitative estimate of drug-likeness (QED) is 0.917. The molecule has 23 heavy (non-hydrogen) atoms. The van der Waals surface area contributed by atoms with Crippen LogP contribution in [0.15, 0.2) is 18.5 Å². The predicted octanol–water partition coefficient (Wildman–Crippen LogP) is 2.51. The van der Waals surface area contributed by atoms with Gasteiger partial charge in [0, 0.05) is 25.5 Å². The van der Waals surface area contributed by atoms with E-state index in [0.29, 0.717) is 34.4 Å². The van der Waals surface area contributed by atoms with Gasteiger partial charge in [0.25, 0.3) is 0 Å². The van der Waals surface area contributed by atoms with Crippen LogP contribution in [-0.4, -0.2) is 44.4 Å². The van der Waals surface area contributed by atoms with E-state index >= 15 is 0 Å². The molecule has 1 unspecified atom stereocenters. The zero-order chi connectivity index (χ0) is 16.8. The minimum Gasteiger partial charge on any atom is -0.481 e. The third kappa shape index (κ3) is 3.01. The maximum Gasteiger partial charge on any atom is 0.311 e. The van der Waals surface area contributed by atoms with Gasteiger partial charge in [-0.3, -0.25) is 9.59 Å². The van der Waals surface area contributed by atoms with E-state index in [9.17, 15) is 14.7 Å². The van der Waals surface area contributed by atoms with Gasteiger partial charge in [0.05, 0.1) is 27.6 Å². The molecule has 1 saturated heterocycles. The van der Waals surface area contributed by atoms with Crippen LogP contribution in [-0.2, 0) is 16.0 Å². The average molecular weight is 356 g/mol. The third-order valence-electron chi connectivity index (χ3n) is 4.20. The van der Waals surface area contributed by atoms with Crippen molar-refractivity contribution in [3.63, 3.8) is 0 Å². The van der Waals surface area contributed by atoms with Crippen molar-refractivity contribution in [3.8, 4) is 0 Å². The summed E-state index contributed by atoms with van der Waals surface area (Å²) in [6.45, 7) is 2.33. The smallest absolute Gasteiger partial charge is 0.311 e. The molecule has 0 saturated carbocycles. The monoisotopic (exact) mass is 355 g/mol. The van der Waals surface area contributed by atoms with Crippen molar-refractivity contribution >= 4 is 40.7 Å². The third-order valence-corrected chi connectivity index (χ3v) is 4.68. The minimum atomic E-state index is -0.873. The lowest BCUT2D eigenvalue weighted by Crippen LogP contribution is -2.35. The van der Waals surface area contributed by atoms with Gasteiger partial charge in [-0.2, -0.15) is 0 Å². The Morgan fingerprint density at radius 1 is 1.39 bits per heavy atom. The molecule has 0 aliphatic carbocycles. The van der Waals surface area contributed by atoms with Gasteiger partial charge in [-0.15, -0.1) is 0 Å². The summed E-state index contributed by atoms with van der Waals surface area (Å²) in [5.74, 6) is -1.01. The molecule has 1 aliphatic heterocycles. The maximum absolute atomic E-state index is 12.4. The Morgan fingerprint density at radius 2 is 2.13 bits per heavy atom. The molecular weight excluding hydrogens is 341 g/mol. The fourth-order valence-corrected chi connectivity index (χ4v) is 3.30. The Morgan fingerprint density at radius 3 is 2.78 bits per heavy atom. The normalized spacial score (nSPS) is 21.1. The molecule has 1 fully saturated rings. The molecule has 1 atom stereocenters. The summed E-state index contributed by atoms with van der Waals surface area (Å²) < 4.78 is 1.68. The molecule has 2 aromatic heterocycles. The number of carboxylic acid groups (broad SMARTS) is 1. The van der Waals surface area contributed by atoms with Gasteiger partial charge in [-0.25, -0.2) is 4.98 Å². The summed E-state index contributed by atoms with van der Waals surface area (Å²) in [4.78, 5) is 29.6. The number of aliphatic carboxylic acids is 1. The summed E-state index contributed by atoms with van der Waals surface area (Å²) in [6.07, 6.45) is 3.94. The first-order chi connectivity index (χ1) is 10.8. The Kier molecular flexibility index (Phi) is 3.98. The number of pyridine rings is 1. The van der Waals surface area contributed by atoms with Gasteiger partial charge in [0.2, 0.25) is 5.91 Å². The van der Waals surface area contributed by atoms with E-state index in [4.69, 9.17) is 23.2 Å². The fraction of sp³-hybridized carbons (Fsp3) is 0.400. The molecule has 0 spiro atoms. The lowest BCUT2D eigenvalue weighted by atomic mass is 9.90. The summed E-state index contributed by atoms with van der Waals surface area (Å²) in [6, 6.07) is 1.59. The van der Waals surface area contributed by atoms with E-state index in [1.54, 1.807) is 34.7 Å². The maximum atomic E-state index is 12.4. The molecule has 2 aromatic rings. The number of rotatable bonds is 3. The van der Waals surface area contributed by atoms with Crippen molar-refractivity contribution in [2.24, 2.45) is 5.41 Å². The van der Waals surface area contributed by atoms with Crippen LogP contribution in [0.2, 0.25) is 10.0 Å². The number of imidazole rings is 1. The molecule has 3 rings (SSSR count). The molecular formula is C15H15Cl2N3O3. The Balaban J connectivity index is 1.76. The van der Waals surface area contributed by atoms with Crippen LogP contribution in [0.3, 0.4) is 0 Å². The largest absolute Gasteiger partial charge is 0.481 e. The molecule has 0 aromatic carbocycles. The van der Waals surface area contributed by atoms with E-state index in [-0.39, 0.29) is 18.9 Å². The summed E-state index contributed by atoms with van der Waals surface area (Å²) in [5, 5.41) is 10.1. The highest BCUT2D eigenvalue weighted by Gasteiger charge is 2.42. The first-order valence-corrected chi connectivity index (χ1v) is 7.88. The van der Waals surface area contributed by atoms with Crippen LogP contribution < -0.4 is 0 Å². The Hall–Kier alpha value is -1.79. The van der Waals surface area contributed by atoms with Gasteiger partial charge in [0.1, 0.15) is 0 Å². The molecule has 8 heteroatoms. The molecule has 0 radical (unpaired) electrons. The zero-order valence-electron chi connectivity index (χ0n) is 12.4. The van der Waals surface area contributed by atoms with Crippen molar-refractivity contribution < 1.29 is 14.7 Å². The molecule has 3 heterocycles. The van der Waals surface area contributed by atoms with E-state index in [2.05, 4.69) is 4.98 Å². The predicted molar refractivity (Wildman–Crippen MR) is 85.9 cm³/mol. The Labute approximate surface area is 142 Å². The summed E-state index contributed by atoms with van der Waals surface area (Å²) in [7, 11) is 0. The van der Waals surface area contributed by atoms with E-state index in [1.807, 2.05) is 0 Å². The molecule has 0 bridgehead atoms. The Bertz CT molecular complexity index is 805. The average Bonchev–Trinajstić information content (AvgIpc) is 3.03. The summed E-state index contributed by atoms with van der Waals surface area (Å²) in [5.41, 5.74) is 0.240. The number of carboxylic acids is 1. The second kappa shape index (κ2) is 5.69. The van der Waals surface area contributed by atoms with E-state index in [1.165, 1.54) is 0 Å². The van der Waals surface area contributed by atoms with Crippen molar-refractivity contribution in [3.05, 3.63) is 34.2 Å². The zero-order valence-corrected chi connectivity index (χ0v) is 13.9. The van der Waals surface area contributed by atoms with Crippen molar-refractivity contribution in [2.45, 2.75) is 19.8 Å². The van der Waals surface area contributed by atoms with Crippen LogP contribution in [0.1, 0.15) is 19.0 Å². The summed E-state index contributed by atoms with van der Waals surface area (Å²) >= 11 is 12.0. The molecule has 1 amide bonds. The number of nitrogens with zero attached hydrogens (tertiary/aromatic N) is 3. The lowest BCUT2D eigenvalue weighted by Gasteiger charge is -2.19. The molecule has 1 aliphatic rings. The molecule has 122 valence electrons. The van der Waals surface area contributed by atoms with Crippen LogP contribution in [0.25, 0.3) is 5.65 Å². The number of hydrogen-bond donors (Lipinski definition) is 1. The van der Waals surface area contributed by atoms with Crippen molar-refractivity contribution in [2.75, 3.05) is 13.1 Å². The van der Waals surface area contributed by atoms with Crippen LogP contribution in [0.5, 0.6) is 0 Å². The first-order valence-electron chi connectivity index (χ1n) is 7.12. The number of carbonyl (C=O) groups excluding carboxylic acids is 1. The highest BCUT2D eigenvalue weighted by molar-refractivity contribution is 6.36. The van der Waals surface area contributed by atoms with Gasteiger partial charge in [-0.05, 0) is 19.4 Å². The van der Waals surface area contributed by atoms with Crippen LogP contribution >= 0.6 is 23.2 Å². The molecule has 1 N–H and O–H groups in total. The number of carbonyl (C=O) groups is 2. The number of amides is 1. The number of aromatic nitrogens is 2. The number of fused-ring (bicyclic) bond motifs is 1. The first kappa shape index (κ1) is 16.1. The van der Waals surface area contributed by atoms with Gasteiger partial charge in [0.15, 0.2) is 5.65 Å². The molecule has 6 nitrogen and oxygen atoms in total. The topological polar surface area (TPSA) is 74.9 Å². The highest BCUT2D eigenvalue weighted by atomic mass is 35.5. The van der Waals surface area contributed by atoms with E-state index < -0.39 is 11.4 Å². The van der Waals surface area contributed by atoms with Crippen LogP contribution in [0, 0.1) is 5.41 Å². The van der Waals surface area contributed by atoms with E-state index in [0.717, 1.165) is 0 Å². The standard InChI is InChI=1S/C15H15Cl2N3O3/c1-15(14(22)23)2-3-19(8-15)12(21)5-10-7-20-6-9(16)4-11(17)13(20)18-10/h4,6-7H,2-3,5,8H2,1H3,(H,22,23). The minimum absolute atomic E-state index is 0.103. The van der Waals surface area contributed by atoms with Gasteiger partial charge in [-0.1, -0.05) is 23.2 Å². The van der Waals surface area contributed by atoms with Crippen molar-refractivity contribution in [1.82, 2.24) is 14.3 Å². The SMILES string of the molecule is CC1(C(=O)O)CCN(C(=O)Cc2cn3cc(Cl)cc(Cl)c3n2)C1.